The SMILES string of the molecule is COc1ccc(C(C#N)(CCCCCNC=O)C(C)C)cc1OC. The second-order valence-electron chi connectivity index (χ2n) is 6.19. The monoisotopic (exact) mass is 332 g/mol. The molecule has 5 heteroatoms. The van der Waals surface area contributed by atoms with Crippen molar-refractivity contribution >= 4 is 6.41 Å². The Balaban J connectivity index is 2.95. The lowest BCUT2D eigenvalue weighted by molar-refractivity contribution is -0.109. The zero-order valence-electron chi connectivity index (χ0n) is 15.1. The Kier molecular flexibility index (Phi) is 8.11. The summed E-state index contributed by atoms with van der Waals surface area (Å²) in [7, 11) is 3.20. The Labute approximate surface area is 145 Å². The Hall–Kier alpha value is -2.22. The molecule has 0 aliphatic heterocycles. The van der Waals surface area contributed by atoms with Crippen LogP contribution in [0.3, 0.4) is 0 Å². The summed E-state index contributed by atoms with van der Waals surface area (Å²) in [5.41, 5.74) is 0.404. The molecular weight excluding hydrogens is 304 g/mol. The maximum Gasteiger partial charge on any atom is 0.207 e. The first-order valence-electron chi connectivity index (χ1n) is 8.36. The van der Waals surface area contributed by atoms with Gasteiger partial charge in [-0.3, -0.25) is 4.79 Å². The summed E-state index contributed by atoms with van der Waals surface area (Å²) < 4.78 is 10.7. The highest BCUT2D eigenvalue weighted by Crippen LogP contribution is 2.40. The van der Waals surface area contributed by atoms with Gasteiger partial charge >= 0.3 is 0 Å². The molecule has 132 valence electrons. The molecule has 0 fully saturated rings. The van der Waals surface area contributed by atoms with E-state index in [1.807, 2.05) is 18.2 Å². The van der Waals surface area contributed by atoms with Crippen molar-refractivity contribution in [3.8, 4) is 17.6 Å². The van der Waals surface area contributed by atoms with Crippen LogP contribution in [0, 0.1) is 17.2 Å². The standard InChI is InChI=1S/C19H28N2O3/c1-15(2)19(13-20,10-6-5-7-11-21-14-22)16-8-9-17(23-3)18(12-16)24-4/h8-9,12,14-15H,5-7,10-11H2,1-4H3,(H,21,22). The molecule has 0 heterocycles. The largest absolute Gasteiger partial charge is 0.493 e. The minimum atomic E-state index is -0.558. The van der Waals surface area contributed by atoms with E-state index in [-0.39, 0.29) is 5.92 Å². The first-order valence-corrected chi connectivity index (χ1v) is 8.36. The average Bonchev–Trinajstić information content (AvgIpc) is 2.60. The minimum absolute atomic E-state index is 0.175. The van der Waals surface area contributed by atoms with Gasteiger partial charge in [0.25, 0.3) is 0 Å². The van der Waals surface area contributed by atoms with Crippen molar-refractivity contribution in [2.75, 3.05) is 20.8 Å². The van der Waals surface area contributed by atoms with Crippen LogP contribution in [0.1, 0.15) is 45.1 Å². The van der Waals surface area contributed by atoms with E-state index in [4.69, 9.17) is 9.47 Å². The molecule has 0 aromatic heterocycles. The van der Waals surface area contributed by atoms with Gasteiger partial charge in [-0.25, -0.2) is 0 Å². The smallest absolute Gasteiger partial charge is 0.207 e. The summed E-state index contributed by atoms with van der Waals surface area (Å²) in [5.74, 6) is 1.48. The molecule has 0 saturated heterocycles. The van der Waals surface area contributed by atoms with Crippen molar-refractivity contribution in [1.82, 2.24) is 5.32 Å². The fraction of sp³-hybridized carbons (Fsp3) is 0.579. The number of ether oxygens (including phenoxy) is 2. The van der Waals surface area contributed by atoms with E-state index in [0.717, 1.165) is 37.7 Å². The zero-order chi connectivity index (χ0) is 18.0. The fourth-order valence-electron chi connectivity index (χ4n) is 3.00. The second kappa shape index (κ2) is 9.82. The fourth-order valence-corrected chi connectivity index (χ4v) is 3.00. The van der Waals surface area contributed by atoms with E-state index in [1.54, 1.807) is 14.2 Å². The molecule has 1 rings (SSSR count). The third-order valence-electron chi connectivity index (χ3n) is 4.56. The Morgan fingerprint density at radius 2 is 1.92 bits per heavy atom. The third kappa shape index (κ3) is 4.64. The van der Waals surface area contributed by atoms with Gasteiger partial charge in [-0.2, -0.15) is 5.26 Å². The number of nitrogens with zero attached hydrogens (tertiary/aromatic N) is 1. The maximum absolute atomic E-state index is 10.3. The molecule has 1 aromatic carbocycles. The Bertz CT molecular complexity index is 566. The topological polar surface area (TPSA) is 71.3 Å². The van der Waals surface area contributed by atoms with E-state index >= 15 is 0 Å². The van der Waals surface area contributed by atoms with Crippen LogP contribution in [-0.4, -0.2) is 27.2 Å². The predicted molar refractivity (Wildman–Crippen MR) is 94.2 cm³/mol. The quantitative estimate of drug-likeness (QED) is 0.498. The highest BCUT2D eigenvalue weighted by Gasteiger charge is 2.36. The van der Waals surface area contributed by atoms with Crippen molar-refractivity contribution in [3.05, 3.63) is 23.8 Å². The van der Waals surface area contributed by atoms with Crippen LogP contribution in [0.5, 0.6) is 11.5 Å². The highest BCUT2D eigenvalue weighted by atomic mass is 16.5. The van der Waals surface area contributed by atoms with Crippen LogP contribution < -0.4 is 14.8 Å². The number of rotatable bonds is 11. The summed E-state index contributed by atoms with van der Waals surface area (Å²) in [6.45, 7) is 4.84. The zero-order valence-corrected chi connectivity index (χ0v) is 15.1. The molecule has 0 aliphatic carbocycles. The lowest BCUT2D eigenvalue weighted by Crippen LogP contribution is -2.30. The minimum Gasteiger partial charge on any atom is -0.493 e. The number of nitriles is 1. The van der Waals surface area contributed by atoms with Gasteiger partial charge in [0.1, 0.15) is 0 Å². The van der Waals surface area contributed by atoms with Gasteiger partial charge in [0.05, 0.1) is 25.7 Å². The van der Waals surface area contributed by atoms with Gasteiger partial charge in [-0.05, 0) is 36.5 Å². The Morgan fingerprint density at radius 3 is 2.46 bits per heavy atom. The highest BCUT2D eigenvalue weighted by molar-refractivity contribution is 5.47. The van der Waals surface area contributed by atoms with E-state index in [1.165, 1.54) is 0 Å². The van der Waals surface area contributed by atoms with Gasteiger partial charge in [0.2, 0.25) is 6.41 Å². The number of carbonyl (C=O) groups is 1. The number of hydrogen-bond acceptors (Lipinski definition) is 4. The van der Waals surface area contributed by atoms with Crippen molar-refractivity contribution in [1.29, 1.82) is 5.26 Å². The molecule has 0 radical (unpaired) electrons. The van der Waals surface area contributed by atoms with Gasteiger partial charge < -0.3 is 14.8 Å². The average molecular weight is 332 g/mol. The second-order valence-corrected chi connectivity index (χ2v) is 6.19. The molecule has 0 bridgehead atoms. The van der Waals surface area contributed by atoms with E-state index in [2.05, 4.69) is 25.2 Å². The molecule has 1 aromatic rings. The number of hydrogen-bond donors (Lipinski definition) is 1. The van der Waals surface area contributed by atoms with Gasteiger partial charge in [0.15, 0.2) is 11.5 Å². The molecule has 1 unspecified atom stereocenters. The number of unbranched alkanes of at least 4 members (excludes halogenated alkanes) is 2. The molecule has 1 N–H and O–H groups in total. The summed E-state index contributed by atoms with van der Waals surface area (Å²) in [4.78, 5) is 10.3. The van der Waals surface area contributed by atoms with Crippen molar-refractivity contribution in [2.24, 2.45) is 5.92 Å². The van der Waals surface area contributed by atoms with Crippen LogP contribution in [-0.2, 0) is 10.2 Å². The number of carbonyl (C=O) groups excluding carboxylic acids is 1. The van der Waals surface area contributed by atoms with Crippen molar-refractivity contribution < 1.29 is 14.3 Å². The molecule has 1 atom stereocenters. The van der Waals surface area contributed by atoms with E-state index < -0.39 is 5.41 Å². The maximum atomic E-state index is 10.3. The van der Waals surface area contributed by atoms with Gasteiger partial charge in [0, 0.05) is 6.54 Å². The number of nitrogens with one attached hydrogen (secondary N) is 1. The molecule has 0 saturated carbocycles. The molecule has 24 heavy (non-hydrogen) atoms. The number of benzene rings is 1. The molecule has 1 amide bonds. The van der Waals surface area contributed by atoms with Crippen LogP contribution >= 0.6 is 0 Å². The normalized spacial score (nSPS) is 13.0. The van der Waals surface area contributed by atoms with Crippen molar-refractivity contribution in [3.63, 3.8) is 0 Å². The van der Waals surface area contributed by atoms with Crippen LogP contribution in [0.15, 0.2) is 18.2 Å². The van der Waals surface area contributed by atoms with E-state index in [9.17, 15) is 10.1 Å². The van der Waals surface area contributed by atoms with Crippen LogP contribution in [0.2, 0.25) is 0 Å². The first kappa shape index (κ1) is 19.8. The summed E-state index contributed by atoms with van der Waals surface area (Å²) >= 11 is 0. The molecule has 5 nitrogen and oxygen atoms in total. The molecule has 0 spiro atoms. The Morgan fingerprint density at radius 1 is 1.21 bits per heavy atom. The van der Waals surface area contributed by atoms with Crippen LogP contribution in [0.25, 0.3) is 0 Å². The lowest BCUT2D eigenvalue weighted by Gasteiger charge is -2.32. The van der Waals surface area contributed by atoms with Crippen LogP contribution in [0.4, 0.5) is 0 Å². The summed E-state index contributed by atoms with van der Waals surface area (Å²) in [6.07, 6.45) is 4.32. The van der Waals surface area contributed by atoms with Gasteiger partial charge in [-0.1, -0.05) is 32.8 Å². The van der Waals surface area contributed by atoms with E-state index in [0.29, 0.717) is 18.0 Å². The number of amides is 1. The predicted octanol–water partition coefficient (Wildman–Crippen LogP) is 3.43. The third-order valence-corrected chi connectivity index (χ3v) is 4.56. The van der Waals surface area contributed by atoms with Gasteiger partial charge in [-0.15, -0.1) is 0 Å². The van der Waals surface area contributed by atoms with Crippen molar-refractivity contribution in [2.45, 2.75) is 44.9 Å². The molecular formula is C19H28N2O3. The lowest BCUT2D eigenvalue weighted by atomic mass is 9.69. The molecule has 0 aliphatic rings. The first-order chi connectivity index (χ1) is 11.6. The number of methoxy groups -OCH3 is 2. The summed E-state index contributed by atoms with van der Waals surface area (Å²) in [6, 6.07) is 8.28. The summed E-state index contributed by atoms with van der Waals surface area (Å²) in [5, 5.41) is 12.6.